The van der Waals surface area contributed by atoms with E-state index in [-0.39, 0.29) is 0 Å². The summed E-state index contributed by atoms with van der Waals surface area (Å²) in [5.74, 6) is 0.754. The lowest BCUT2D eigenvalue weighted by Crippen LogP contribution is -2.48. The van der Waals surface area contributed by atoms with Crippen LogP contribution in [0.1, 0.15) is 25.7 Å². The molecule has 1 aliphatic carbocycles. The van der Waals surface area contributed by atoms with E-state index in [1.807, 2.05) is 0 Å². The molecule has 0 aromatic rings. The van der Waals surface area contributed by atoms with Gasteiger partial charge in [0.2, 0.25) is 0 Å². The van der Waals surface area contributed by atoms with Crippen LogP contribution < -0.4 is 11.1 Å². The van der Waals surface area contributed by atoms with Gasteiger partial charge in [-0.2, -0.15) is 0 Å². The lowest BCUT2D eigenvalue weighted by molar-refractivity contribution is 0.0472. The first-order chi connectivity index (χ1) is 6.36. The van der Waals surface area contributed by atoms with Gasteiger partial charge in [-0.25, -0.2) is 0 Å². The van der Waals surface area contributed by atoms with Crippen LogP contribution in [0.3, 0.4) is 0 Å². The predicted octanol–water partition coefficient (Wildman–Crippen LogP) is 0.492. The summed E-state index contributed by atoms with van der Waals surface area (Å²) < 4.78 is 5.47. The van der Waals surface area contributed by atoms with E-state index < -0.39 is 0 Å². The van der Waals surface area contributed by atoms with Crippen LogP contribution in [0.15, 0.2) is 0 Å². The van der Waals surface area contributed by atoms with Gasteiger partial charge in [-0.15, -0.1) is 0 Å². The maximum Gasteiger partial charge on any atom is 0.0622 e. The third-order valence-electron chi connectivity index (χ3n) is 3.27. The molecule has 3 heteroatoms. The van der Waals surface area contributed by atoms with Crippen molar-refractivity contribution < 1.29 is 4.74 Å². The van der Waals surface area contributed by atoms with Crippen molar-refractivity contribution >= 4 is 0 Å². The van der Waals surface area contributed by atoms with Crippen molar-refractivity contribution in [3.8, 4) is 0 Å². The molecule has 1 saturated carbocycles. The number of hydrogen-bond donors (Lipinski definition) is 2. The molecule has 0 bridgehead atoms. The highest BCUT2D eigenvalue weighted by Gasteiger charge is 2.27. The van der Waals surface area contributed by atoms with Crippen molar-refractivity contribution in [2.75, 3.05) is 19.8 Å². The first-order valence-electron chi connectivity index (χ1n) is 5.43. The molecule has 2 fully saturated rings. The molecule has 0 aromatic heterocycles. The molecule has 1 aliphatic heterocycles. The molecule has 1 heterocycles. The molecule has 3 N–H and O–H groups in total. The Morgan fingerprint density at radius 1 is 1.31 bits per heavy atom. The van der Waals surface area contributed by atoms with Crippen LogP contribution in [0.2, 0.25) is 0 Å². The number of ether oxygens (including phenoxy) is 1. The van der Waals surface area contributed by atoms with Gasteiger partial charge in [-0.05, 0) is 25.2 Å². The Bertz CT molecular complexity index is 157. The van der Waals surface area contributed by atoms with E-state index in [2.05, 4.69) is 5.32 Å². The molecule has 0 amide bonds. The van der Waals surface area contributed by atoms with E-state index in [1.54, 1.807) is 0 Å². The zero-order chi connectivity index (χ0) is 9.10. The minimum atomic E-state index is 0.433. The lowest BCUT2D eigenvalue weighted by atomic mass is 9.81. The average molecular weight is 184 g/mol. The molecule has 3 atom stereocenters. The second kappa shape index (κ2) is 4.40. The molecule has 2 unspecified atom stereocenters. The van der Waals surface area contributed by atoms with Crippen LogP contribution in [0, 0.1) is 5.92 Å². The van der Waals surface area contributed by atoms with Crippen LogP contribution in [0.4, 0.5) is 0 Å². The number of nitrogens with one attached hydrogen (secondary N) is 1. The van der Waals surface area contributed by atoms with Crippen LogP contribution in [0.25, 0.3) is 0 Å². The van der Waals surface area contributed by atoms with Crippen molar-refractivity contribution in [2.24, 2.45) is 11.7 Å². The molecule has 76 valence electrons. The Kier molecular flexibility index (Phi) is 3.19. The highest BCUT2D eigenvalue weighted by atomic mass is 16.5. The van der Waals surface area contributed by atoms with Crippen molar-refractivity contribution in [1.82, 2.24) is 5.32 Å². The van der Waals surface area contributed by atoms with Gasteiger partial charge in [-0.1, -0.05) is 6.42 Å². The number of rotatable bonds is 1. The van der Waals surface area contributed by atoms with Gasteiger partial charge in [0, 0.05) is 18.6 Å². The summed E-state index contributed by atoms with van der Waals surface area (Å²) >= 11 is 0. The summed E-state index contributed by atoms with van der Waals surface area (Å²) in [5.41, 5.74) is 5.96. The molecule has 0 spiro atoms. The molecular formula is C10H20N2O. The smallest absolute Gasteiger partial charge is 0.0622 e. The van der Waals surface area contributed by atoms with Crippen LogP contribution >= 0.6 is 0 Å². The molecule has 3 nitrogen and oxygen atoms in total. The summed E-state index contributed by atoms with van der Waals surface area (Å²) in [6.45, 7) is 2.77. The Labute approximate surface area is 80.0 Å². The minimum absolute atomic E-state index is 0.433. The minimum Gasteiger partial charge on any atom is -0.379 e. The second-order valence-electron chi connectivity index (χ2n) is 4.32. The lowest BCUT2D eigenvalue weighted by Gasteiger charge is -2.35. The van der Waals surface area contributed by atoms with Gasteiger partial charge >= 0.3 is 0 Å². The number of nitrogens with two attached hydrogens (primary N) is 1. The Morgan fingerprint density at radius 2 is 2.23 bits per heavy atom. The van der Waals surface area contributed by atoms with Gasteiger partial charge in [0.05, 0.1) is 13.2 Å². The van der Waals surface area contributed by atoms with Crippen molar-refractivity contribution in [1.29, 1.82) is 0 Å². The van der Waals surface area contributed by atoms with E-state index in [1.165, 1.54) is 25.7 Å². The van der Waals surface area contributed by atoms with Gasteiger partial charge in [0.25, 0.3) is 0 Å². The van der Waals surface area contributed by atoms with Crippen LogP contribution in [-0.2, 0) is 4.74 Å². The highest BCUT2D eigenvalue weighted by molar-refractivity contribution is 4.85. The fourth-order valence-corrected chi connectivity index (χ4v) is 2.52. The summed E-state index contributed by atoms with van der Waals surface area (Å²) in [4.78, 5) is 0. The molecule has 13 heavy (non-hydrogen) atoms. The van der Waals surface area contributed by atoms with E-state index in [4.69, 9.17) is 10.5 Å². The maximum absolute atomic E-state index is 5.96. The third kappa shape index (κ3) is 2.42. The third-order valence-corrected chi connectivity index (χ3v) is 3.27. The standard InChI is InChI=1S/C10H20N2O/c11-9-3-1-2-8(6-9)10-7-13-5-4-12-10/h8-10,12H,1-7,11H2/t8-,9?,10?/m1/s1. The topological polar surface area (TPSA) is 47.3 Å². The fourth-order valence-electron chi connectivity index (χ4n) is 2.52. The van der Waals surface area contributed by atoms with Crippen LogP contribution in [-0.4, -0.2) is 31.8 Å². The summed E-state index contributed by atoms with van der Waals surface area (Å²) in [5, 5.41) is 3.53. The molecule has 1 saturated heterocycles. The van der Waals surface area contributed by atoms with Crippen LogP contribution in [0.5, 0.6) is 0 Å². The first-order valence-corrected chi connectivity index (χ1v) is 5.43. The fraction of sp³-hybridized carbons (Fsp3) is 1.00. The average Bonchev–Trinajstić information content (AvgIpc) is 2.19. The van der Waals surface area contributed by atoms with E-state index in [0.29, 0.717) is 12.1 Å². The zero-order valence-corrected chi connectivity index (χ0v) is 8.17. The number of hydrogen-bond acceptors (Lipinski definition) is 3. The van der Waals surface area contributed by atoms with Gasteiger partial charge in [0.1, 0.15) is 0 Å². The predicted molar refractivity (Wildman–Crippen MR) is 52.5 cm³/mol. The highest BCUT2D eigenvalue weighted by Crippen LogP contribution is 2.26. The van der Waals surface area contributed by atoms with Crippen molar-refractivity contribution in [3.63, 3.8) is 0 Å². The number of morpholine rings is 1. The Morgan fingerprint density at radius 3 is 2.92 bits per heavy atom. The molecular weight excluding hydrogens is 164 g/mol. The van der Waals surface area contributed by atoms with Gasteiger partial charge in [0.15, 0.2) is 0 Å². The largest absolute Gasteiger partial charge is 0.379 e. The Balaban J connectivity index is 1.83. The van der Waals surface area contributed by atoms with E-state index >= 15 is 0 Å². The van der Waals surface area contributed by atoms with Gasteiger partial charge < -0.3 is 15.8 Å². The van der Waals surface area contributed by atoms with E-state index in [0.717, 1.165) is 25.7 Å². The maximum atomic E-state index is 5.96. The summed E-state index contributed by atoms with van der Waals surface area (Å²) in [6.07, 6.45) is 5.02. The summed E-state index contributed by atoms with van der Waals surface area (Å²) in [6, 6.07) is 1.00. The second-order valence-corrected chi connectivity index (χ2v) is 4.32. The molecule has 2 rings (SSSR count). The monoisotopic (exact) mass is 184 g/mol. The molecule has 0 radical (unpaired) electrons. The normalized spacial score (nSPS) is 41.8. The quantitative estimate of drug-likeness (QED) is 0.623. The van der Waals surface area contributed by atoms with E-state index in [9.17, 15) is 0 Å². The zero-order valence-electron chi connectivity index (χ0n) is 8.17. The first kappa shape index (κ1) is 9.44. The SMILES string of the molecule is NC1CCC[C@@H](C2COCCN2)C1. The van der Waals surface area contributed by atoms with Crippen molar-refractivity contribution in [3.05, 3.63) is 0 Å². The van der Waals surface area contributed by atoms with Gasteiger partial charge in [-0.3, -0.25) is 0 Å². The Hall–Kier alpha value is -0.120. The summed E-state index contributed by atoms with van der Waals surface area (Å²) in [7, 11) is 0. The van der Waals surface area contributed by atoms with Crippen molar-refractivity contribution in [2.45, 2.75) is 37.8 Å². The molecule has 0 aromatic carbocycles. The molecule has 2 aliphatic rings.